The van der Waals surface area contributed by atoms with Crippen LogP contribution in [0.2, 0.25) is 0 Å². The molecule has 4 nitrogen and oxygen atoms in total. The van der Waals surface area contributed by atoms with Gasteiger partial charge in [-0.1, -0.05) is 12.1 Å². The molecule has 3 N–H and O–H groups in total. The molecule has 0 aliphatic rings. The molecule has 2 unspecified atom stereocenters. The highest BCUT2D eigenvalue weighted by atomic mass is 16.5. The summed E-state index contributed by atoms with van der Waals surface area (Å²) in [5.41, 5.74) is 5.66. The molecule has 0 aliphatic carbocycles. The fraction of sp³-hybridized carbons (Fsp3) is 0.462. The lowest BCUT2D eigenvalue weighted by Gasteiger charge is -2.21. The molecule has 0 radical (unpaired) electrons. The Labute approximate surface area is 102 Å². The van der Waals surface area contributed by atoms with E-state index in [-0.39, 0.29) is 12.7 Å². The quantitative estimate of drug-likeness (QED) is 0.810. The zero-order chi connectivity index (χ0) is 12.9. The summed E-state index contributed by atoms with van der Waals surface area (Å²) < 4.78 is 5.65. The van der Waals surface area contributed by atoms with Crippen LogP contribution in [0.15, 0.2) is 24.3 Å². The summed E-state index contributed by atoms with van der Waals surface area (Å²) in [6.45, 7) is 3.53. The molecule has 92 valence electrons. The van der Waals surface area contributed by atoms with Gasteiger partial charge in [-0.15, -0.1) is 0 Å². The second-order valence-electron chi connectivity index (χ2n) is 4.47. The van der Waals surface area contributed by atoms with Crippen molar-refractivity contribution in [1.29, 1.82) is 5.26 Å². The van der Waals surface area contributed by atoms with Crippen molar-refractivity contribution >= 4 is 0 Å². The molecule has 1 aromatic carbocycles. The van der Waals surface area contributed by atoms with Crippen LogP contribution in [-0.4, -0.2) is 16.7 Å². The van der Waals surface area contributed by atoms with E-state index in [1.165, 1.54) is 0 Å². The van der Waals surface area contributed by atoms with E-state index in [1.54, 1.807) is 13.0 Å². The van der Waals surface area contributed by atoms with Crippen molar-refractivity contribution in [1.82, 2.24) is 0 Å². The molecule has 0 amide bonds. The number of nitrogens with zero attached hydrogens (tertiary/aromatic N) is 1. The third-order valence-electron chi connectivity index (χ3n) is 2.39. The fourth-order valence-electron chi connectivity index (χ4n) is 1.63. The lowest BCUT2D eigenvalue weighted by molar-refractivity contribution is 0.190. The molecule has 17 heavy (non-hydrogen) atoms. The van der Waals surface area contributed by atoms with Crippen LogP contribution in [0.5, 0.6) is 5.75 Å². The average molecular weight is 234 g/mol. The zero-order valence-electron chi connectivity index (χ0n) is 10.2. The van der Waals surface area contributed by atoms with Gasteiger partial charge in [0.2, 0.25) is 0 Å². The number of hydrogen-bond acceptors (Lipinski definition) is 4. The summed E-state index contributed by atoms with van der Waals surface area (Å²) in [5.74, 6) is 0.679. The molecule has 0 fully saturated rings. The van der Waals surface area contributed by atoms with Gasteiger partial charge < -0.3 is 15.6 Å². The lowest BCUT2D eigenvalue weighted by Crippen LogP contribution is -2.38. The van der Waals surface area contributed by atoms with E-state index in [4.69, 9.17) is 20.8 Å². The van der Waals surface area contributed by atoms with E-state index in [2.05, 4.69) is 0 Å². The van der Waals surface area contributed by atoms with Gasteiger partial charge in [-0.3, -0.25) is 0 Å². The normalized spacial score (nSPS) is 15.7. The minimum Gasteiger partial charge on any atom is -0.491 e. The van der Waals surface area contributed by atoms with E-state index in [1.807, 2.05) is 31.2 Å². The third-order valence-corrected chi connectivity index (χ3v) is 2.39. The van der Waals surface area contributed by atoms with Crippen LogP contribution < -0.4 is 10.5 Å². The second-order valence-corrected chi connectivity index (χ2v) is 4.47. The van der Waals surface area contributed by atoms with Crippen molar-refractivity contribution in [2.24, 2.45) is 5.73 Å². The van der Waals surface area contributed by atoms with E-state index >= 15 is 0 Å². The number of ether oxygens (including phenoxy) is 1. The first-order valence-electron chi connectivity index (χ1n) is 5.53. The van der Waals surface area contributed by atoms with Crippen molar-refractivity contribution in [2.75, 3.05) is 0 Å². The summed E-state index contributed by atoms with van der Waals surface area (Å²) >= 11 is 0. The molecule has 4 heteroatoms. The molecule has 0 bridgehead atoms. The SMILES string of the molecule is CC(CC(C)(N)C#N)Oc1cccc(CO)c1. The van der Waals surface area contributed by atoms with Gasteiger partial charge in [0.25, 0.3) is 0 Å². The van der Waals surface area contributed by atoms with Crippen LogP contribution in [-0.2, 0) is 6.61 Å². The van der Waals surface area contributed by atoms with E-state index < -0.39 is 5.54 Å². The number of aliphatic hydroxyl groups is 1. The van der Waals surface area contributed by atoms with Crippen molar-refractivity contribution in [2.45, 2.75) is 38.5 Å². The van der Waals surface area contributed by atoms with Crippen molar-refractivity contribution < 1.29 is 9.84 Å². The molecule has 0 aromatic heterocycles. The summed E-state index contributed by atoms with van der Waals surface area (Å²) in [6.07, 6.45) is 0.297. The Morgan fingerprint density at radius 1 is 1.59 bits per heavy atom. The molecule has 0 aliphatic heterocycles. The molecule has 0 saturated heterocycles. The molecule has 2 atom stereocenters. The zero-order valence-corrected chi connectivity index (χ0v) is 10.2. The Morgan fingerprint density at radius 3 is 2.88 bits per heavy atom. The number of hydrogen-bond donors (Lipinski definition) is 2. The monoisotopic (exact) mass is 234 g/mol. The van der Waals surface area contributed by atoms with E-state index in [0.717, 1.165) is 5.56 Å². The maximum atomic E-state index is 9.00. The van der Waals surface area contributed by atoms with Gasteiger partial charge in [0.1, 0.15) is 11.3 Å². The van der Waals surface area contributed by atoms with E-state index in [9.17, 15) is 0 Å². The highest BCUT2D eigenvalue weighted by molar-refractivity contribution is 5.28. The van der Waals surface area contributed by atoms with Gasteiger partial charge in [0, 0.05) is 6.42 Å². The number of aliphatic hydroxyl groups excluding tert-OH is 1. The molecular weight excluding hydrogens is 216 g/mol. The fourth-order valence-corrected chi connectivity index (χ4v) is 1.63. The van der Waals surface area contributed by atoms with Crippen LogP contribution >= 0.6 is 0 Å². The molecule has 1 aromatic rings. The summed E-state index contributed by atoms with van der Waals surface area (Å²) in [5, 5.41) is 17.8. The van der Waals surface area contributed by atoms with Crippen LogP contribution in [0.1, 0.15) is 25.8 Å². The second kappa shape index (κ2) is 5.67. The predicted octanol–water partition coefficient (Wildman–Crippen LogP) is 1.58. The van der Waals surface area contributed by atoms with Gasteiger partial charge in [-0.05, 0) is 31.5 Å². The lowest BCUT2D eigenvalue weighted by atomic mass is 9.98. The summed E-state index contributed by atoms with van der Waals surface area (Å²) in [4.78, 5) is 0. The smallest absolute Gasteiger partial charge is 0.120 e. The Kier molecular flexibility index (Phi) is 4.50. The Hall–Kier alpha value is -1.57. The molecule has 0 spiro atoms. The van der Waals surface area contributed by atoms with Crippen LogP contribution in [0.4, 0.5) is 0 Å². The number of nitriles is 1. The first-order valence-corrected chi connectivity index (χ1v) is 5.53. The van der Waals surface area contributed by atoms with Gasteiger partial charge in [0.05, 0.1) is 18.8 Å². The predicted molar refractivity (Wildman–Crippen MR) is 65.3 cm³/mol. The Balaban J connectivity index is 2.62. The molecule has 1 rings (SSSR count). The number of rotatable bonds is 5. The Bertz CT molecular complexity index is 410. The largest absolute Gasteiger partial charge is 0.491 e. The number of benzene rings is 1. The topological polar surface area (TPSA) is 79.3 Å². The minimum atomic E-state index is -0.881. The van der Waals surface area contributed by atoms with E-state index in [0.29, 0.717) is 12.2 Å². The van der Waals surface area contributed by atoms with Crippen LogP contribution in [0, 0.1) is 11.3 Å². The van der Waals surface area contributed by atoms with Crippen molar-refractivity contribution in [3.63, 3.8) is 0 Å². The first kappa shape index (κ1) is 13.5. The van der Waals surface area contributed by atoms with Crippen LogP contribution in [0.3, 0.4) is 0 Å². The maximum absolute atomic E-state index is 9.00. The molecular formula is C13H18N2O2. The van der Waals surface area contributed by atoms with Crippen LogP contribution in [0.25, 0.3) is 0 Å². The molecule has 0 saturated carbocycles. The maximum Gasteiger partial charge on any atom is 0.120 e. The van der Waals surface area contributed by atoms with Gasteiger partial charge in [-0.25, -0.2) is 0 Å². The highest BCUT2D eigenvalue weighted by Crippen LogP contribution is 2.18. The van der Waals surface area contributed by atoms with Gasteiger partial charge in [0.15, 0.2) is 0 Å². The van der Waals surface area contributed by atoms with Gasteiger partial charge >= 0.3 is 0 Å². The number of nitrogens with two attached hydrogens (primary N) is 1. The Morgan fingerprint density at radius 2 is 2.29 bits per heavy atom. The molecule has 0 heterocycles. The minimum absolute atomic E-state index is 0.0155. The summed E-state index contributed by atoms with van der Waals surface area (Å²) in [7, 11) is 0. The highest BCUT2D eigenvalue weighted by Gasteiger charge is 2.21. The average Bonchev–Trinajstić information content (AvgIpc) is 2.28. The van der Waals surface area contributed by atoms with Gasteiger partial charge in [-0.2, -0.15) is 5.26 Å². The third kappa shape index (κ3) is 4.43. The van der Waals surface area contributed by atoms with Crippen molar-refractivity contribution in [3.05, 3.63) is 29.8 Å². The van der Waals surface area contributed by atoms with Crippen molar-refractivity contribution in [3.8, 4) is 11.8 Å². The summed E-state index contributed by atoms with van der Waals surface area (Å²) in [6, 6.07) is 9.27. The first-order chi connectivity index (χ1) is 7.96. The standard InChI is InChI=1S/C13H18N2O2/c1-10(7-13(2,15)9-14)17-12-5-3-4-11(6-12)8-16/h3-6,10,16H,7-8,15H2,1-2H3.